The molecule has 1 aliphatic rings. The van der Waals surface area contributed by atoms with Gasteiger partial charge < -0.3 is 11.1 Å². The molecule has 3 N–H and O–H groups in total. The van der Waals surface area contributed by atoms with Gasteiger partial charge in [0.25, 0.3) is 0 Å². The standard InChI is InChI=1S/C14H22N2/c1-11-2-4-12(5-3-11)14(10-15)13-6-8-16-9-7-13/h2-5,13-14,16H,6-10,15H2,1H3. The summed E-state index contributed by atoms with van der Waals surface area (Å²) in [5, 5.41) is 3.41. The minimum absolute atomic E-state index is 0.544. The summed E-state index contributed by atoms with van der Waals surface area (Å²) in [5.41, 5.74) is 8.69. The lowest BCUT2D eigenvalue weighted by molar-refractivity contribution is 0.321. The van der Waals surface area contributed by atoms with Gasteiger partial charge in [0.05, 0.1) is 0 Å². The molecular weight excluding hydrogens is 196 g/mol. The third kappa shape index (κ3) is 2.63. The van der Waals surface area contributed by atoms with Crippen molar-refractivity contribution in [3.05, 3.63) is 35.4 Å². The third-order valence-corrected chi connectivity index (χ3v) is 3.71. The van der Waals surface area contributed by atoms with Gasteiger partial charge >= 0.3 is 0 Å². The topological polar surface area (TPSA) is 38.0 Å². The Bertz CT molecular complexity index is 312. The molecule has 1 saturated heterocycles. The Kier molecular flexibility index (Phi) is 3.97. The van der Waals surface area contributed by atoms with E-state index in [-0.39, 0.29) is 0 Å². The molecule has 1 heterocycles. The van der Waals surface area contributed by atoms with Crippen LogP contribution in [0.5, 0.6) is 0 Å². The molecule has 0 aliphatic carbocycles. The molecule has 2 heteroatoms. The Balaban J connectivity index is 2.11. The number of benzene rings is 1. The summed E-state index contributed by atoms with van der Waals surface area (Å²) < 4.78 is 0. The lowest BCUT2D eigenvalue weighted by Gasteiger charge is -2.30. The van der Waals surface area contributed by atoms with Gasteiger partial charge in [-0.05, 0) is 56.8 Å². The van der Waals surface area contributed by atoms with Crippen molar-refractivity contribution in [2.75, 3.05) is 19.6 Å². The van der Waals surface area contributed by atoms with Gasteiger partial charge in [-0.3, -0.25) is 0 Å². The Morgan fingerprint density at radius 1 is 1.25 bits per heavy atom. The third-order valence-electron chi connectivity index (χ3n) is 3.71. The summed E-state index contributed by atoms with van der Waals surface area (Å²) in [4.78, 5) is 0. The fourth-order valence-corrected chi connectivity index (χ4v) is 2.66. The summed E-state index contributed by atoms with van der Waals surface area (Å²) in [5.74, 6) is 1.30. The van der Waals surface area contributed by atoms with Crippen molar-refractivity contribution >= 4 is 0 Å². The molecule has 0 amide bonds. The quantitative estimate of drug-likeness (QED) is 0.814. The van der Waals surface area contributed by atoms with E-state index in [1.54, 1.807) is 0 Å². The summed E-state index contributed by atoms with van der Waals surface area (Å²) >= 11 is 0. The minimum atomic E-state index is 0.544. The summed E-state index contributed by atoms with van der Waals surface area (Å²) in [6.45, 7) is 5.19. The van der Waals surface area contributed by atoms with Gasteiger partial charge in [0.2, 0.25) is 0 Å². The molecule has 0 spiro atoms. The highest BCUT2D eigenvalue weighted by Crippen LogP contribution is 2.30. The van der Waals surface area contributed by atoms with E-state index in [1.165, 1.54) is 24.0 Å². The second kappa shape index (κ2) is 5.46. The second-order valence-corrected chi connectivity index (χ2v) is 4.84. The van der Waals surface area contributed by atoms with Gasteiger partial charge in [-0.1, -0.05) is 29.8 Å². The lowest BCUT2D eigenvalue weighted by atomic mass is 9.80. The molecule has 2 rings (SSSR count). The fourth-order valence-electron chi connectivity index (χ4n) is 2.66. The van der Waals surface area contributed by atoms with Crippen LogP contribution in [0.1, 0.15) is 29.9 Å². The molecule has 1 atom stereocenters. The molecule has 0 bridgehead atoms. The molecule has 0 saturated carbocycles. The molecule has 0 radical (unpaired) electrons. The van der Waals surface area contributed by atoms with Crippen LogP contribution in [-0.2, 0) is 0 Å². The number of piperidine rings is 1. The second-order valence-electron chi connectivity index (χ2n) is 4.84. The van der Waals surface area contributed by atoms with E-state index >= 15 is 0 Å². The molecule has 88 valence electrons. The molecule has 1 fully saturated rings. The number of nitrogens with two attached hydrogens (primary N) is 1. The van der Waals surface area contributed by atoms with Crippen LogP contribution < -0.4 is 11.1 Å². The normalized spacial score (nSPS) is 19.6. The predicted octanol–water partition coefficient (Wildman–Crippen LogP) is 2.04. The summed E-state index contributed by atoms with van der Waals surface area (Å²) in [7, 11) is 0. The van der Waals surface area contributed by atoms with Gasteiger partial charge in [-0.2, -0.15) is 0 Å². The Morgan fingerprint density at radius 2 is 1.88 bits per heavy atom. The first kappa shape index (κ1) is 11.6. The maximum atomic E-state index is 5.95. The zero-order valence-corrected chi connectivity index (χ0v) is 10.1. The van der Waals surface area contributed by atoms with E-state index in [9.17, 15) is 0 Å². The van der Waals surface area contributed by atoms with Crippen LogP contribution in [0.2, 0.25) is 0 Å². The number of hydrogen-bond donors (Lipinski definition) is 2. The van der Waals surface area contributed by atoms with Crippen molar-refractivity contribution in [2.45, 2.75) is 25.7 Å². The highest BCUT2D eigenvalue weighted by atomic mass is 14.9. The van der Waals surface area contributed by atoms with Gasteiger partial charge in [0.15, 0.2) is 0 Å². The monoisotopic (exact) mass is 218 g/mol. The van der Waals surface area contributed by atoms with Crippen LogP contribution in [0, 0.1) is 12.8 Å². The molecule has 0 aromatic heterocycles. The van der Waals surface area contributed by atoms with Crippen molar-refractivity contribution in [1.82, 2.24) is 5.32 Å². The number of aryl methyl sites for hydroxylation is 1. The Labute approximate surface area is 98.2 Å². The van der Waals surface area contributed by atoms with E-state index < -0.39 is 0 Å². The highest BCUT2D eigenvalue weighted by Gasteiger charge is 2.23. The van der Waals surface area contributed by atoms with E-state index in [0.717, 1.165) is 25.6 Å². The lowest BCUT2D eigenvalue weighted by Crippen LogP contribution is -2.33. The number of hydrogen-bond acceptors (Lipinski definition) is 2. The Morgan fingerprint density at radius 3 is 2.44 bits per heavy atom. The van der Waals surface area contributed by atoms with E-state index in [2.05, 4.69) is 36.5 Å². The van der Waals surface area contributed by atoms with Gasteiger partial charge in [0.1, 0.15) is 0 Å². The van der Waals surface area contributed by atoms with Crippen molar-refractivity contribution in [1.29, 1.82) is 0 Å². The number of nitrogens with one attached hydrogen (secondary N) is 1. The first-order valence-electron chi connectivity index (χ1n) is 6.28. The van der Waals surface area contributed by atoms with Crippen LogP contribution >= 0.6 is 0 Å². The van der Waals surface area contributed by atoms with Crippen LogP contribution in [0.3, 0.4) is 0 Å². The largest absolute Gasteiger partial charge is 0.330 e. The first-order valence-corrected chi connectivity index (χ1v) is 6.28. The van der Waals surface area contributed by atoms with E-state index in [4.69, 9.17) is 5.73 Å². The molecule has 1 aromatic rings. The zero-order chi connectivity index (χ0) is 11.4. The highest BCUT2D eigenvalue weighted by molar-refractivity contribution is 5.25. The van der Waals surface area contributed by atoms with Gasteiger partial charge in [-0.25, -0.2) is 0 Å². The maximum absolute atomic E-state index is 5.95. The van der Waals surface area contributed by atoms with Crippen molar-refractivity contribution in [2.24, 2.45) is 11.7 Å². The molecular formula is C14H22N2. The summed E-state index contributed by atoms with van der Waals surface area (Å²) in [6.07, 6.45) is 2.52. The average Bonchev–Trinajstić information content (AvgIpc) is 2.34. The van der Waals surface area contributed by atoms with E-state index in [0.29, 0.717) is 5.92 Å². The van der Waals surface area contributed by atoms with Crippen LogP contribution in [-0.4, -0.2) is 19.6 Å². The average molecular weight is 218 g/mol. The summed E-state index contributed by atoms with van der Waals surface area (Å²) in [6, 6.07) is 8.88. The van der Waals surface area contributed by atoms with Crippen LogP contribution in [0.4, 0.5) is 0 Å². The van der Waals surface area contributed by atoms with Gasteiger partial charge in [-0.15, -0.1) is 0 Å². The van der Waals surface area contributed by atoms with Crippen LogP contribution in [0.15, 0.2) is 24.3 Å². The fraction of sp³-hybridized carbons (Fsp3) is 0.571. The van der Waals surface area contributed by atoms with E-state index in [1.807, 2.05) is 0 Å². The SMILES string of the molecule is Cc1ccc(C(CN)C2CCNCC2)cc1. The van der Waals surface area contributed by atoms with Crippen molar-refractivity contribution in [3.8, 4) is 0 Å². The predicted molar refractivity (Wildman–Crippen MR) is 68.6 cm³/mol. The molecule has 2 nitrogen and oxygen atoms in total. The smallest absolute Gasteiger partial charge is 0.000555 e. The van der Waals surface area contributed by atoms with Crippen molar-refractivity contribution in [3.63, 3.8) is 0 Å². The first-order chi connectivity index (χ1) is 7.81. The van der Waals surface area contributed by atoms with Gasteiger partial charge in [0, 0.05) is 0 Å². The molecule has 16 heavy (non-hydrogen) atoms. The minimum Gasteiger partial charge on any atom is -0.330 e. The zero-order valence-electron chi connectivity index (χ0n) is 10.1. The van der Waals surface area contributed by atoms with Crippen LogP contribution in [0.25, 0.3) is 0 Å². The Hall–Kier alpha value is -0.860. The molecule has 1 unspecified atom stereocenters. The number of rotatable bonds is 3. The maximum Gasteiger partial charge on any atom is -0.000555 e. The molecule has 1 aliphatic heterocycles. The van der Waals surface area contributed by atoms with Crippen molar-refractivity contribution < 1.29 is 0 Å². The molecule has 1 aromatic carbocycles.